The van der Waals surface area contributed by atoms with Gasteiger partial charge in [0, 0.05) is 27.7 Å². The van der Waals surface area contributed by atoms with Crippen molar-refractivity contribution in [2.75, 3.05) is 40.8 Å². The highest BCUT2D eigenvalue weighted by molar-refractivity contribution is 7.87. The second kappa shape index (κ2) is 6.79. The van der Waals surface area contributed by atoms with Crippen LogP contribution < -0.4 is 10.5 Å². The SMILES string of the molecule is CN(C)C(=O)CNS(=O)(=O)N(C)CCCN. The first kappa shape index (κ1) is 15.3. The number of rotatable bonds is 7. The van der Waals surface area contributed by atoms with Crippen molar-refractivity contribution in [1.29, 1.82) is 0 Å². The molecule has 0 spiro atoms. The fourth-order valence-corrected chi connectivity index (χ4v) is 1.75. The molecule has 0 fully saturated rings. The molecule has 3 N–H and O–H groups in total. The summed E-state index contributed by atoms with van der Waals surface area (Å²) in [4.78, 5) is 12.5. The highest BCUT2D eigenvalue weighted by Gasteiger charge is 2.18. The summed E-state index contributed by atoms with van der Waals surface area (Å²) in [6.07, 6.45) is 0.582. The molecular formula is C8H20N4O3S. The monoisotopic (exact) mass is 252 g/mol. The minimum absolute atomic E-state index is 0.234. The van der Waals surface area contributed by atoms with Gasteiger partial charge in [-0.15, -0.1) is 0 Å². The number of amides is 1. The van der Waals surface area contributed by atoms with Gasteiger partial charge in [-0.05, 0) is 13.0 Å². The number of nitrogens with zero attached hydrogens (tertiary/aromatic N) is 2. The summed E-state index contributed by atoms with van der Waals surface area (Å²) in [6, 6.07) is 0. The first-order valence-corrected chi connectivity index (χ1v) is 6.36. The summed E-state index contributed by atoms with van der Waals surface area (Å²) in [5.41, 5.74) is 5.28. The third-order valence-electron chi connectivity index (χ3n) is 1.99. The van der Waals surface area contributed by atoms with E-state index in [4.69, 9.17) is 5.73 Å². The van der Waals surface area contributed by atoms with Gasteiger partial charge in [-0.3, -0.25) is 4.79 Å². The molecule has 0 heterocycles. The van der Waals surface area contributed by atoms with Gasteiger partial charge in [0.25, 0.3) is 10.2 Å². The zero-order valence-electron chi connectivity index (χ0n) is 9.93. The van der Waals surface area contributed by atoms with Gasteiger partial charge in [-0.25, -0.2) is 0 Å². The van der Waals surface area contributed by atoms with E-state index in [-0.39, 0.29) is 12.5 Å². The van der Waals surface area contributed by atoms with Crippen LogP contribution in [0.1, 0.15) is 6.42 Å². The summed E-state index contributed by atoms with van der Waals surface area (Å²) in [7, 11) is 0.990. The molecule has 0 aliphatic heterocycles. The van der Waals surface area contributed by atoms with Crippen molar-refractivity contribution >= 4 is 16.1 Å². The molecule has 0 saturated carbocycles. The molecule has 0 aromatic heterocycles. The molecule has 0 aliphatic rings. The van der Waals surface area contributed by atoms with Crippen LogP contribution in [0.5, 0.6) is 0 Å². The van der Waals surface area contributed by atoms with Gasteiger partial charge in [-0.2, -0.15) is 17.4 Å². The first-order chi connectivity index (χ1) is 7.31. The largest absolute Gasteiger partial charge is 0.348 e. The van der Waals surface area contributed by atoms with E-state index >= 15 is 0 Å². The van der Waals surface area contributed by atoms with Gasteiger partial charge in [0.05, 0.1) is 6.54 Å². The van der Waals surface area contributed by atoms with E-state index in [0.29, 0.717) is 19.5 Å². The summed E-state index contributed by atoms with van der Waals surface area (Å²) in [5.74, 6) is -0.296. The molecule has 1 amide bonds. The molecule has 0 aromatic carbocycles. The molecule has 8 heteroatoms. The topological polar surface area (TPSA) is 95.7 Å². The predicted octanol–water partition coefficient (Wildman–Crippen LogP) is -1.81. The normalized spacial score (nSPS) is 11.8. The maximum atomic E-state index is 11.6. The lowest BCUT2D eigenvalue weighted by Gasteiger charge is -2.18. The summed E-state index contributed by atoms with van der Waals surface area (Å²) >= 11 is 0. The number of carbonyl (C=O) groups is 1. The van der Waals surface area contributed by atoms with E-state index in [1.54, 1.807) is 14.1 Å². The molecule has 96 valence electrons. The Morgan fingerprint density at radius 1 is 1.31 bits per heavy atom. The number of hydrogen-bond acceptors (Lipinski definition) is 4. The van der Waals surface area contributed by atoms with E-state index in [2.05, 4.69) is 4.72 Å². The van der Waals surface area contributed by atoms with Crippen LogP contribution in [0, 0.1) is 0 Å². The van der Waals surface area contributed by atoms with Crippen molar-refractivity contribution in [2.24, 2.45) is 5.73 Å². The Morgan fingerprint density at radius 2 is 1.88 bits per heavy atom. The van der Waals surface area contributed by atoms with Crippen molar-refractivity contribution in [3.05, 3.63) is 0 Å². The van der Waals surface area contributed by atoms with Crippen LogP contribution in [0.15, 0.2) is 0 Å². The number of nitrogens with one attached hydrogen (secondary N) is 1. The molecule has 0 radical (unpaired) electrons. The number of carbonyl (C=O) groups excluding carboxylic acids is 1. The van der Waals surface area contributed by atoms with Gasteiger partial charge in [0.1, 0.15) is 0 Å². The van der Waals surface area contributed by atoms with Crippen LogP contribution in [0.25, 0.3) is 0 Å². The molecule has 0 saturated heterocycles. The smallest absolute Gasteiger partial charge is 0.279 e. The molecule has 0 unspecified atom stereocenters. The molecule has 0 bridgehead atoms. The first-order valence-electron chi connectivity index (χ1n) is 4.92. The average Bonchev–Trinajstić information content (AvgIpc) is 2.22. The Morgan fingerprint density at radius 3 is 2.31 bits per heavy atom. The van der Waals surface area contributed by atoms with Crippen LogP contribution in [0.4, 0.5) is 0 Å². The van der Waals surface area contributed by atoms with E-state index in [9.17, 15) is 13.2 Å². The van der Waals surface area contributed by atoms with Crippen molar-refractivity contribution < 1.29 is 13.2 Å². The predicted molar refractivity (Wildman–Crippen MR) is 61.9 cm³/mol. The highest BCUT2D eigenvalue weighted by atomic mass is 32.2. The lowest BCUT2D eigenvalue weighted by atomic mass is 10.4. The third kappa shape index (κ3) is 5.40. The lowest BCUT2D eigenvalue weighted by Crippen LogP contribution is -2.43. The fourth-order valence-electron chi connectivity index (χ4n) is 0.855. The Kier molecular flexibility index (Phi) is 6.49. The quantitative estimate of drug-likeness (QED) is 0.558. The molecule has 7 nitrogen and oxygen atoms in total. The van der Waals surface area contributed by atoms with E-state index in [0.717, 1.165) is 4.31 Å². The van der Waals surface area contributed by atoms with Gasteiger partial charge in [0.15, 0.2) is 0 Å². The minimum Gasteiger partial charge on any atom is -0.348 e. The van der Waals surface area contributed by atoms with E-state index in [1.807, 2.05) is 0 Å². The number of likely N-dealkylation sites (N-methyl/N-ethyl adjacent to an activating group) is 1. The maximum Gasteiger partial charge on any atom is 0.279 e. The summed E-state index contributed by atoms with van der Waals surface area (Å²) in [5, 5.41) is 0. The summed E-state index contributed by atoms with van der Waals surface area (Å²) in [6.45, 7) is 0.529. The van der Waals surface area contributed by atoms with Gasteiger partial charge < -0.3 is 10.6 Å². The van der Waals surface area contributed by atoms with Crippen LogP contribution in [-0.4, -0.2) is 64.3 Å². The highest BCUT2D eigenvalue weighted by Crippen LogP contribution is 1.94. The van der Waals surface area contributed by atoms with Crippen LogP contribution in [0.2, 0.25) is 0 Å². The number of hydrogen-bond donors (Lipinski definition) is 2. The Bertz CT molecular complexity index is 315. The Hall–Kier alpha value is -0.700. The second-order valence-corrected chi connectivity index (χ2v) is 5.44. The third-order valence-corrected chi connectivity index (χ3v) is 3.50. The van der Waals surface area contributed by atoms with Crippen LogP contribution in [-0.2, 0) is 15.0 Å². The number of nitrogens with two attached hydrogens (primary N) is 1. The average molecular weight is 252 g/mol. The van der Waals surface area contributed by atoms with Gasteiger partial charge >= 0.3 is 0 Å². The molecule has 0 rings (SSSR count). The molecular weight excluding hydrogens is 232 g/mol. The minimum atomic E-state index is -3.58. The fraction of sp³-hybridized carbons (Fsp3) is 0.875. The molecule has 0 atom stereocenters. The van der Waals surface area contributed by atoms with Gasteiger partial charge in [-0.1, -0.05) is 0 Å². The van der Waals surface area contributed by atoms with E-state index < -0.39 is 10.2 Å². The van der Waals surface area contributed by atoms with Gasteiger partial charge in [0.2, 0.25) is 5.91 Å². The molecule has 0 aliphatic carbocycles. The van der Waals surface area contributed by atoms with Crippen LogP contribution >= 0.6 is 0 Å². The lowest BCUT2D eigenvalue weighted by molar-refractivity contribution is -0.127. The van der Waals surface area contributed by atoms with Crippen molar-refractivity contribution in [3.63, 3.8) is 0 Å². The zero-order chi connectivity index (χ0) is 12.8. The Labute approximate surface area is 96.8 Å². The zero-order valence-corrected chi connectivity index (χ0v) is 10.7. The van der Waals surface area contributed by atoms with Crippen molar-refractivity contribution in [2.45, 2.75) is 6.42 Å². The molecule has 0 aromatic rings. The molecule has 16 heavy (non-hydrogen) atoms. The van der Waals surface area contributed by atoms with Crippen molar-refractivity contribution in [1.82, 2.24) is 13.9 Å². The van der Waals surface area contributed by atoms with Crippen molar-refractivity contribution in [3.8, 4) is 0 Å². The van der Waals surface area contributed by atoms with E-state index in [1.165, 1.54) is 11.9 Å². The summed E-state index contributed by atoms with van der Waals surface area (Å²) < 4.78 is 26.5. The van der Waals surface area contributed by atoms with Crippen LogP contribution in [0.3, 0.4) is 0 Å². The maximum absolute atomic E-state index is 11.6. The second-order valence-electron chi connectivity index (χ2n) is 3.58. The standard InChI is InChI=1S/C8H20N4O3S/c1-11(2)8(13)7-10-16(14,15)12(3)6-4-5-9/h10H,4-7,9H2,1-3H3. The Balaban J connectivity index is 4.19.